The average molecular weight is 281 g/mol. The molecule has 0 aliphatic heterocycles. The minimum absolute atomic E-state index is 0.134. The third kappa shape index (κ3) is 3.60. The van der Waals surface area contributed by atoms with E-state index in [-0.39, 0.29) is 11.4 Å². The minimum atomic E-state index is -3.53. The summed E-state index contributed by atoms with van der Waals surface area (Å²) in [4.78, 5) is 10.9. The molecule has 0 saturated heterocycles. The van der Waals surface area contributed by atoms with E-state index in [0.717, 1.165) is 5.69 Å². The molecule has 19 heavy (non-hydrogen) atoms. The Morgan fingerprint density at radius 2 is 2.16 bits per heavy atom. The van der Waals surface area contributed by atoms with Crippen molar-refractivity contribution in [2.45, 2.75) is 17.9 Å². The van der Waals surface area contributed by atoms with Crippen molar-refractivity contribution in [2.75, 3.05) is 6.54 Å². The van der Waals surface area contributed by atoms with Gasteiger partial charge >= 0.3 is 0 Å². The molecule has 0 unspecified atom stereocenters. The maximum atomic E-state index is 12.0. The Bertz CT molecular complexity index is 607. The van der Waals surface area contributed by atoms with E-state index in [4.69, 9.17) is 5.73 Å². The maximum absolute atomic E-state index is 12.0. The van der Waals surface area contributed by atoms with Crippen LogP contribution >= 0.6 is 0 Å². The number of nitrogens with zero attached hydrogens (tertiary/aromatic N) is 2. The van der Waals surface area contributed by atoms with Crippen molar-refractivity contribution in [2.24, 2.45) is 5.73 Å². The van der Waals surface area contributed by atoms with Crippen LogP contribution in [-0.4, -0.2) is 29.9 Å². The molecule has 2 heterocycles. The lowest BCUT2D eigenvalue weighted by molar-refractivity contribution is 0.581. The van der Waals surface area contributed by atoms with Crippen LogP contribution in [0.3, 0.4) is 0 Å². The number of nitrogens with two attached hydrogens (primary N) is 1. The summed E-state index contributed by atoms with van der Waals surface area (Å²) in [6.07, 6.45) is 5.07. The number of rotatable bonds is 6. The molecule has 0 radical (unpaired) electrons. The zero-order chi connectivity index (χ0) is 13.7. The van der Waals surface area contributed by atoms with Crippen LogP contribution in [0.5, 0.6) is 0 Å². The highest BCUT2D eigenvalue weighted by molar-refractivity contribution is 7.89. The highest BCUT2D eigenvalue weighted by Crippen LogP contribution is 2.07. The highest BCUT2D eigenvalue weighted by Gasteiger charge is 2.13. The van der Waals surface area contributed by atoms with E-state index in [1.807, 2.05) is 0 Å². The Morgan fingerprint density at radius 3 is 2.74 bits per heavy atom. The Kier molecular flexibility index (Phi) is 4.25. The van der Waals surface area contributed by atoms with Gasteiger partial charge in [-0.1, -0.05) is 0 Å². The van der Waals surface area contributed by atoms with Crippen molar-refractivity contribution in [3.05, 3.63) is 42.2 Å². The lowest BCUT2D eigenvalue weighted by Gasteiger charge is -2.06. The van der Waals surface area contributed by atoms with Gasteiger partial charge in [0.15, 0.2) is 0 Å². The smallest absolute Gasteiger partial charge is 0.242 e. The van der Waals surface area contributed by atoms with Gasteiger partial charge in [0.1, 0.15) is 4.90 Å². The van der Waals surface area contributed by atoms with Crippen molar-refractivity contribution in [3.63, 3.8) is 0 Å². The van der Waals surface area contributed by atoms with Gasteiger partial charge in [0.05, 0.1) is 12.0 Å². The van der Waals surface area contributed by atoms with Crippen LogP contribution in [0, 0.1) is 0 Å². The van der Waals surface area contributed by atoms with E-state index in [0.29, 0.717) is 18.7 Å². The Hall–Kier alpha value is -1.77. The van der Waals surface area contributed by atoms with Gasteiger partial charge in [0.25, 0.3) is 0 Å². The van der Waals surface area contributed by atoms with Crippen LogP contribution in [0.1, 0.15) is 11.4 Å². The lowest BCUT2D eigenvalue weighted by Crippen LogP contribution is -2.26. The maximum Gasteiger partial charge on any atom is 0.242 e. The second-order valence-electron chi connectivity index (χ2n) is 3.91. The van der Waals surface area contributed by atoms with E-state index < -0.39 is 10.0 Å². The summed E-state index contributed by atoms with van der Waals surface area (Å²) < 4.78 is 26.4. The fourth-order valence-electron chi connectivity index (χ4n) is 1.52. The fraction of sp³-hybridized carbons (Fsp3) is 0.273. The molecule has 0 amide bonds. The van der Waals surface area contributed by atoms with E-state index in [1.165, 1.54) is 12.3 Å². The number of nitrogens with one attached hydrogen (secondary N) is 2. The van der Waals surface area contributed by atoms with Gasteiger partial charge in [-0.2, -0.15) is 0 Å². The molecular weight excluding hydrogens is 266 g/mol. The monoisotopic (exact) mass is 281 g/mol. The van der Waals surface area contributed by atoms with Gasteiger partial charge in [-0.05, 0) is 12.1 Å². The molecule has 102 valence electrons. The molecule has 0 saturated carbocycles. The summed E-state index contributed by atoms with van der Waals surface area (Å²) in [6.45, 7) is 0.580. The molecule has 2 aromatic heterocycles. The van der Waals surface area contributed by atoms with E-state index >= 15 is 0 Å². The predicted octanol–water partition coefficient (Wildman–Crippen LogP) is -0.216. The zero-order valence-electron chi connectivity index (χ0n) is 10.2. The topological polar surface area (TPSA) is 114 Å². The zero-order valence-corrected chi connectivity index (χ0v) is 11.0. The molecule has 0 aliphatic rings. The summed E-state index contributed by atoms with van der Waals surface area (Å²) in [5.74, 6) is 0. The summed E-state index contributed by atoms with van der Waals surface area (Å²) in [7, 11) is -3.53. The first kappa shape index (κ1) is 13.7. The average Bonchev–Trinajstić information content (AvgIpc) is 2.92. The van der Waals surface area contributed by atoms with Crippen molar-refractivity contribution in [3.8, 4) is 0 Å². The molecule has 8 heteroatoms. The quantitative estimate of drug-likeness (QED) is 0.677. The van der Waals surface area contributed by atoms with Gasteiger partial charge in [-0.15, -0.1) is 0 Å². The molecule has 0 atom stereocenters. The molecule has 4 N–H and O–H groups in total. The Morgan fingerprint density at radius 1 is 1.32 bits per heavy atom. The van der Waals surface area contributed by atoms with Crippen molar-refractivity contribution in [1.29, 1.82) is 0 Å². The summed E-state index contributed by atoms with van der Waals surface area (Å²) in [5.41, 5.74) is 6.93. The van der Waals surface area contributed by atoms with Crippen LogP contribution in [-0.2, 0) is 23.0 Å². The van der Waals surface area contributed by atoms with E-state index in [9.17, 15) is 8.42 Å². The number of H-pyrrole nitrogens is 1. The number of hydrogen-bond acceptors (Lipinski definition) is 5. The van der Waals surface area contributed by atoms with Crippen LogP contribution in [0.2, 0.25) is 0 Å². The summed E-state index contributed by atoms with van der Waals surface area (Å²) in [6, 6.07) is 3.09. The number of aromatic amines is 1. The number of hydrogen-bond donors (Lipinski definition) is 3. The Labute approximate surface area is 111 Å². The number of imidazole rings is 1. The summed E-state index contributed by atoms with van der Waals surface area (Å²) in [5, 5.41) is 0. The van der Waals surface area contributed by atoms with Crippen molar-refractivity contribution < 1.29 is 8.42 Å². The van der Waals surface area contributed by atoms with Gasteiger partial charge in [0.2, 0.25) is 10.0 Å². The molecule has 2 aromatic rings. The predicted molar refractivity (Wildman–Crippen MR) is 69.6 cm³/mol. The van der Waals surface area contributed by atoms with Gasteiger partial charge < -0.3 is 10.7 Å². The highest BCUT2D eigenvalue weighted by atomic mass is 32.2. The van der Waals surface area contributed by atoms with Crippen LogP contribution in [0.4, 0.5) is 0 Å². The number of sulfonamides is 1. The van der Waals surface area contributed by atoms with Crippen molar-refractivity contribution in [1.82, 2.24) is 19.7 Å². The lowest BCUT2D eigenvalue weighted by atomic mass is 10.3. The molecule has 2 rings (SSSR count). The normalized spacial score (nSPS) is 11.6. The number of pyridine rings is 1. The van der Waals surface area contributed by atoms with Gasteiger partial charge in [-0.3, -0.25) is 4.98 Å². The molecule has 0 aliphatic carbocycles. The molecule has 0 spiro atoms. The number of aromatic nitrogens is 3. The first-order chi connectivity index (χ1) is 9.12. The van der Waals surface area contributed by atoms with Gasteiger partial charge in [-0.25, -0.2) is 18.1 Å². The molecule has 0 aromatic carbocycles. The fourth-order valence-corrected chi connectivity index (χ4v) is 2.49. The molecular formula is C11H15N5O2S. The molecule has 0 fully saturated rings. The third-order valence-corrected chi connectivity index (χ3v) is 4.00. The standard InChI is InChI=1S/C11H15N5O2S/c12-5-9-1-2-11(7-14-9)19(17,18)16-4-3-10-6-13-8-15-10/h1-2,6-8,16H,3-5,12H2,(H,13,15). The third-order valence-electron chi connectivity index (χ3n) is 2.56. The molecule has 7 nitrogen and oxygen atoms in total. The van der Waals surface area contributed by atoms with Crippen LogP contribution < -0.4 is 10.5 Å². The second kappa shape index (κ2) is 5.91. The molecule has 0 bridgehead atoms. The SMILES string of the molecule is NCc1ccc(S(=O)(=O)NCCc2cnc[nH]2)cn1. The van der Waals surface area contributed by atoms with Gasteiger partial charge in [0, 0.05) is 37.6 Å². The first-order valence-corrected chi connectivity index (χ1v) is 7.22. The Balaban J connectivity index is 1.97. The van der Waals surface area contributed by atoms with Crippen LogP contribution in [0.15, 0.2) is 35.7 Å². The van der Waals surface area contributed by atoms with Crippen molar-refractivity contribution >= 4 is 10.0 Å². The largest absolute Gasteiger partial charge is 0.348 e. The summed E-state index contributed by atoms with van der Waals surface area (Å²) >= 11 is 0. The van der Waals surface area contributed by atoms with Crippen LogP contribution in [0.25, 0.3) is 0 Å². The first-order valence-electron chi connectivity index (χ1n) is 5.74. The van der Waals surface area contributed by atoms with E-state index in [1.54, 1.807) is 18.6 Å². The second-order valence-corrected chi connectivity index (χ2v) is 5.68. The van der Waals surface area contributed by atoms with E-state index in [2.05, 4.69) is 19.7 Å². The minimum Gasteiger partial charge on any atom is -0.348 e.